The highest BCUT2D eigenvalue weighted by Crippen LogP contribution is 2.22. The molecule has 0 unspecified atom stereocenters. The Labute approximate surface area is 106 Å². The number of benzene rings is 2. The highest BCUT2D eigenvalue weighted by molar-refractivity contribution is 6.31. The number of hydrogen-bond acceptors (Lipinski definition) is 1. The number of rotatable bonds is 4. The SMILES string of the molecule is O=C(Cc1ccccc1)[C@@H](Cl)c1ccccc1. The van der Waals surface area contributed by atoms with Gasteiger partial charge < -0.3 is 0 Å². The van der Waals surface area contributed by atoms with Gasteiger partial charge in [-0.3, -0.25) is 4.79 Å². The molecule has 2 aromatic carbocycles. The minimum absolute atomic E-state index is 0.0315. The van der Waals surface area contributed by atoms with Gasteiger partial charge in [0.05, 0.1) is 0 Å². The molecule has 0 radical (unpaired) electrons. The summed E-state index contributed by atoms with van der Waals surface area (Å²) in [5, 5.41) is -0.559. The second-order valence-corrected chi connectivity index (χ2v) is 4.34. The summed E-state index contributed by atoms with van der Waals surface area (Å²) in [5.74, 6) is 0.0315. The Morgan fingerprint density at radius 2 is 1.47 bits per heavy atom. The van der Waals surface area contributed by atoms with Gasteiger partial charge in [-0.2, -0.15) is 0 Å². The van der Waals surface area contributed by atoms with Gasteiger partial charge in [0.15, 0.2) is 5.78 Å². The van der Waals surface area contributed by atoms with Crippen LogP contribution in [0.1, 0.15) is 16.5 Å². The smallest absolute Gasteiger partial charge is 0.159 e. The molecule has 0 N–H and O–H groups in total. The van der Waals surface area contributed by atoms with Crippen LogP contribution >= 0.6 is 11.6 Å². The molecular formula is C15H13ClO. The first-order chi connectivity index (χ1) is 8.27. The first-order valence-electron chi connectivity index (χ1n) is 5.53. The largest absolute Gasteiger partial charge is 0.297 e. The van der Waals surface area contributed by atoms with Crippen LogP contribution < -0.4 is 0 Å². The van der Waals surface area contributed by atoms with Crippen LogP contribution in [0.4, 0.5) is 0 Å². The molecule has 2 rings (SSSR count). The number of halogens is 1. The number of Topliss-reactive ketones (excluding diaryl/α,β-unsaturated/α-hetero) is 1. The third kappa shape index (κ3) is 3.18. The van der Waals surface area contributed by atoms with E-state index in [9.17, 15) is 4.79 Å². The molecule has 2 aromatic rings. The zero-order chi connectivity index (χ0) is 12.1. The second-order valence-electron chi connectivity index (χ2n) is 3.90. The van der Waals surface area contributed by atoms with Crippen molar-refractivity contribution >= 4 is 17.4 Å². The topological polar surface area (TPSA) is 17.1 Å². The summed E-state index contributed by atoms with van der Waals surface area (Å²) in [5.41, 5.74) is 1.86. The summed E-state index contributed by atoms with van der Waals surface area (Å²) in [7, 11) is 0. The van der Waals surface area contributed by atoms with Gasteiger partial charge in [-0.05, 0) is 11.1 Å². The van der Waals surface area contributed by atoms with Gasteiger partial charge in [0.1, 0.15) is 5.38 Å². The van der Waals surface area contributed by atoms with Gasteiger partial charge in [0.25, 0.3) is 0 Å². The molecule has 0 saturated carbocycles. The lowest BCUT2D eigenvalue weighted by Crippen LogP contribution is -2.09. The van der Waals surface area contributed by atoms with E-state index in [0.29, 0.717) is 6.42 Å². The van der Waals surface area contributed by atoms with E-state index in [1.165, 1.54) is 0 Å². The zero-order valence-corrected chi connectivity index (χ0v) is 10.1. The van der Waals surface area contributed by atoms with Crippen molar-refractivity contribution in [3.8, 4) is 0 Å². The van der Waals surface area contributed by atoms with Gasteiger partial charge in [-0.25, -0.2) is 0 Å². The number of ketones is 1. The van der Waals surface area contributed by atoms with E-state index in [1.807, 2.05) is 60.7 Å². The molecule has 0 spiro atoms. The molecule has 0 bridgehead atoms. The molecule has 0 aromatic heterocycles. The molecule has 0 amide bonds. The molecule has 0 aliphatic rings. The van der Waals surface area contributed by atoms with Crippen LogP contribution in [0.2, 0.25) is 0 Å². The lowest BCUT2D eigenvalue weighted by molar-refractivity contribution is -0.118. The predicted molar refractivity (Wildman–Crippen MR) is 70.2 cm³/mol. The van der Waals surface area contributed by atoms with E-state index >= 15 is 0 Å². The Morgan fingerprint density at radius 3 is 2.06 bits per heavy atom. The average molecular weight is 245 g/mol. The van der Waals surface area contributed by atoms with E-state index in [2.05, 4.69) is 0 Å². The molecule has 1 atom stereocenters. The maximum Gasteiger partial charge on any atom is 0.159 e. The van der Waals surface area contributed by atoms with Crippen LogP contribution in [0.5, 0.6) is 0 Å². The molecule has 1 nitrogen and oxygen atoms in total. The summed E-state index contributed by atoms with van der Waals surface area (Å²) in [4.78, 5) is 12.0. The van der Waals surface area contributed by atoms with Gasteiger partial charge >= 0.3 is 0 Å². The summed E-state index contributed by atoms with van der Waals surface area (Å²) in [6.45, 7) is 0. The highest BCUT2D eigenvalue weighted by Gasteiger charge is 2.17. The molecule has 0 saturated heterocycles. The van der Waals surface area contributed by atoms with Crippen molar-refractivity contribution in [3.05, 3.63) is 71.8 Å². The molecule has 0 aliphatic heterocycles. The molecule has 0 aliphatic carbocycles. The molecule has 86 valence electrons. The van der Waals surface area contributed by atoms with E-state index in [1.54, 1.807) is 0 Å². The average Bonchev–Trinajstić information content (AvgIpc) is 2.40. The lowest BCUT2D eigenvalue weighted by atomic mass is 10.0. The van der Waals surface area contributed by atoms with Crippen LogP contribution in [0, 0.1) is 0 Å². The maximum absolute atomic E-state index is 12.0. The lowest BCUT2D eigenvalue weighted by Gasteiger charge is -2.08. The highest BCUT2D eigenvalue weighted by atomic mass is 35.5. The molecule has 2 heteroatoms. The fraction of sp³-hybridized carbons (Fsp3) is 0.133. The third-order valence-electron chi connectivity index (χ3n) is 2.60. The van der Waals surface area contributed by atoms with Crippen molar-refractivity contribution in [1.29, 1.82) is 0 Å². The number of carbonyl (C=O) groups excluding carboxylic acids is 1. The van der Waals surface area contributed by atoms with Gasteiger partial charge in [0, 0.05) is 6.42 Å². The monoisotopic (exact) mass is 244 g/mol. The van der Waals surface area contributed by atoms with Crippen molar-refractivity contribution in [3.63, 3.8) is 0 Å². The van der Waals surface area contributed by atoms with Crippen molar-refractivity contribution < 1.29 is 4.79 Å². The Hall–Kier alpha value is -1.60. The van der Waals surface area contributed by atoms with Gasteiger partial charge in [0.2, 0.25) is 0 Å². The number of hydrogen-bond donors (Lipinski definition) is 0. The van der Waals surface area contributed by atoms with Crippen LogP contribution in [0.25, 0.3) is 0 Å². The second kappa shape index (κ2) is 5.65. The molecule has 17 heavy (non-hydrogen) atoms. The first-order valence-corrected chi connectivity index (χ1v) is 5.96. The third-order valence-corrected chi connectivity index (χ3v) is 3.09. The standard InChI is InChI=1S/C15H13ClO/c16-15(13-9-5-2-6-10-13)14(17)11-12-7-3-1-4-8-12/h1-10,15H,11H2/t15-/m0/s1. The quantitative estimate of drug-likeness (QED) is 0.748. The van der Waals surface area contributed by atoms with Gasteiger partial charge in [-0.1, -0.05) is 60.7 Å². The van der Waals surface area contributed by atoms with Crippen LogP contribution in [-0.2, 0) is 11.2 Å². The molecule has 0 fully saturated rings. The van der Waals surface area contributed by atoms with Crippen molar-refractivity contribution in [1.82, 2.24) is 0 Å². The van der Waals surface area contributed by atoms with E-state index < -0.39 is 5.38 Å². The summed E-state index contributed by atoms with van der Waals surface area (Å²) in [6, 6.07) is 19.1. The minimum Gasteiger partial charge on any atom is -0.297 e. The summed E-state index contributed by atoms with van der Waals surface area (Å²) >= 11 is 6.16. The normalized spacial score (nSPS) is 12.1. The van der Waals surface area contributed by atoms with Crippen molar-refractivity contribution in [2.24, 2.45) is 0 Å². The Bertz CT molecular complexity index is 479. The zero-order valence-electron chi connectivity index (χ0n) is 9.34. The maximum atomic E-state index is 12.0. The first kappa shape index (κ1) is 11.9. The number of alkyl halides is 1. The van der Waals surface area contributed by atoms with Crippen molar-refractivity contribution in [2.45, 2.75) is 11.8 Å². The number of carbonyl (C=O) groups is 1. The minimum atomic E-state index is -0.559. The molecular weight excluding hydrogens is 232 g/mol. The molecule has 0 heterocycles. The van der Waals surface area contributed by atoms with E-state index in [4.69, 9.17) is 11.6 Å². The fourth-order valence-corrected chi connectivity index (χ4v) is 1.92. The Morgan fingerprint density at radius 1 is 0.941 bits per heavy atom. The van der Waals surface area contributed by atoms with Crippen LogP contribution in [0.3, 0.4) is 0 Å². The predicted octanol–water partition coefficient (Wildman–Crippen LogP) is 3.78. The van der Waals surface area contributed by atoms with Crippen LogP contribution in [0.15, 0.2) is 60.7 Å². The van der Waals surface area contributed by atoms with E-state index in [-0.39, 0.29) is 5.78 Å². The Balaban J connectivity index is 2.06. The van der Waals surface area contributed by atoms with Crippen molar-refractivity contribution in [2.75, 3.05) is 0 Å². The fourth-order valence-electron chi connectivity index (χ4n) is 1.69. The van der Waals surface area contributed by atoms with Gasteiger partial charge in [-0.15, -0.1) is 11.6 Å². The van der Waals surface area contributed by atoms with Crippen LogP contribution in [-0.4, -0.2) is 5.78 Å². The summed E-state index contributed by atoms with van der Waals surface area (Å²) < 4.78 is 0. The Kier molecular flexibility index (Phi) is 3.94. The summed E-state index contributed by atoms with van der Waals surface area (Å²) in [6.07, 6.45) is 0.379. The van der Waals surface area contributed by atoms with E-state index in [0.717, 1.165) is 11.1 Å².